The molecule has 0 amide bonds. The zero-order valence-electron chi connectivity index (χ0n) is 9.76. The molecule has 17 heavy (non-hydrogen) atoms. The highest BCUT2D eigenvalue weighted by atomic mass is 32.2. The van der Waals surface area contributed by atoms with Gasteiger partial charge in [-0.3, -0.25) is 4.98 Å². The van der Waals surface area contributed by atoms with Crippen LogP contribution in [-0.4, -0.2) is 22.5 Å². The lowest BCUT2D eigenvalue weighted by Gasteiger charge is -2.10. The third-order valence-corrected chi connectivity index (χ3v) is 4.05. The number of nitrogens with two attached hydrogens (primary N) is 1. The van der Waals surface area contributed by atoms with E-state index in [1.807, 2.05) is 31.3 Å². The summed E-state index contributed by atoms with van der Waals surface area (Å²) in [5, 5.41) is 11.2. The van der Waals surface area contributed by atoms with E-state index in [2.05, 4.69) is 4.98 Å². The zero-order chi connectivity index (χ0) is 12.3. The van der Waals surface area contributed by atoms with Crippen molar-refractivity contribution in [3.63, 3.8) is 0 Å². The van der Waals surface area contributed by atoms with Gasteiger partial charge in [0.05, 0.1) is 0 Å². The Labute approximate surface area is 105 Å². The highest BCUT2D eigenvalue weighted by Gasteiger charge is 2.06. The van der Waals surface area contributed by atoms with E-state index in [9.17, 15) is 0 Å². The van der Waals surface area contributed by atoms with E-state index in [4.69, 9.17) is 10.8 Å². The molecule has 1 unspecified atom stereocenters. The fourth-order valence-corrected chi connectivity index (χ4v) is 2.65. The fourth-order valence-electron chi connectivity index (χ4n) is 1.60. The molecule has 4 heteroatoms. The summed E-state index contributed by atoms with van der Waals surface area (Å²) in [5.74, 6) is 1.19. The molecule has 0 bridgehead atoms. The minimum atomic E-state index is 0.220. The van der Waals surface area contributed by atoms with Crippen molar-refractivity contribution in [2.75, 3.05) is 18.1 Å². The Balaban J connectivity index is 2.32. The van der Waals surface area contributed by atoms with Crippen LogP contribution in [0.2, 0.25) is 0 Å². The number of nitrogens with zero attached hydrogens (tertiary/aromatic N) is 1. The molecule has 0 aliphatic rings. The topological polar surface area (TPSA) is 59.1 Å². The summed E-state index contributed by atoms with van der Waals surface area (Å²) in [4.78, 5) is 5.31. The number of aromatic nitrogens is 1. The van der Waals surface area contributed by atoms with Crippen LogP contribution in [0, 0.1) is 5.92 Å². The fraction of sp³-hybridized carbons (Fsp3) is 0.308. The standard InChI is InChI=1S/C13H16N2OS/c1-9(7-16)8-17-13-3-2-12(14)10-4-5-15-6-11(10)13/h2-6,9,16H,7-8,14H2,1H3. The van der Waals surface area contributed by atoms with Crippen molar-refractivity contribution >= 4 is 28.2 Å². The molecule has 3 nitrogen and oxygen atoms in total. The van der Waals surface area contributed by atoms with Crippen LogP contribution in [0.25, 0.3) is 10.8 Å². The first-order valence-corrected chi connectivity index (χ1v) is 6.56. The van der Waals surface area contributed by atoms with Crippen LogP contribution >= 0.6 is 11.8 Å². The molecule has 0 saturated heterocycles. The Morgan fingerprint density at radius 1 is 1.35 bits per heavy atom. The number of aliphatic hydroxyl groups excluding tert-OH is 1. The van der Waals surface area contributed by atoms with E-state index in [0.29, 0.717) is 5.92 Å². The molecule has 0 fully saturated rings. The third-order valence-electron chi connectivity index (χ3n) is 2.65. The van der Waals surface area contributed by atoms with Gasteiger partial charge in [-0.25, -0.2) is 0 Å². The third kappa shape index (κ3) is 2.70. The number of anilines is 1. The van der Waals surface area contributed by atoms with Gasteiger partial charge in [0.2, 0.25) is 0 Å². The van der Waals surface area contributed by atoms with Gasteiger partial charge in [0, 0.05) is 46.1 Å². The Kier molecular flexibility index (Phi) is 3.86. The summed E-state index contributed by atoms with van der Waals surface area (Å²) in [7, 11) is 0. The van der Waals surface area contributed by atoms with Crippen LogP contribution in [0.15, 0.2) is 35.5 Å². The molecule has 1 heterocycles. The molecular formula is C13H16N2OS. The van der Waals surface area contributed by atoms with Gasteiger partial charge in [0.25, 0.3) is 0 Å². The van der Waals surface area contributed by atoms with E-state index in [1.54, 1.807) is 18.0 Å². The normalized spacial score (nSPS) is 12.8. The zero-order valence-corrected chi connectivity index (χ0v) is 10.6. The summed E-state index contributed by atoms with van der Waals surface area (Å²) in [6, 6.07) is 5.88. The minimum absolute atomic E-state index is 0.220. The highest BCUT2D eigenvalue weighted by Crippen LogP contribution is 2.31. The molecule has 0 radical (unpaired) electrons. The lowest BCUT2D eigenvalue weighted by atomic mass is 10.1. The van der Waals surface area contributed by atoms with Crippen LogP contribution in [0.1, 0.15) is 6.92 Å². The molecule has 2 rings (SSSR count). The number of nitrogen functional groups attached to an aromatic ring is 1. The predicted octanol–water partition coefficient (Wildman–Crippen LogP) is 2.54. The van der Waals surface area contributed by atoms with E-state index in [0.717, 1.165) is 22.2 Å². The quantitative estimate of drug-likeness (QED) is 0.645. The summed E-state index contributed by atoms with van der Waals surface area (Å²) in [6.45, 7) is 2.25. The first-order chi connectivity index (χ1) is 8.22. The molecule has 0 spiro atoms. The number of hydrogen-bond acceptors (Lipinski definition) is 4. The van der Waals surface area contributed by atoms with E-state index in [1.165, 1.54) is 4.90 Å². The van der Waals surface area contributed by atoms with Gasteiger partial charge < -0.3 is 10.8 Å². The summed E-state index contributed by atoms with van der Waals surface area (Å²) in [5.41, 5.74) is 6.71. The monoisotopic (exact) mass is 248 g/mol. The second-order valence-electron chi connectivity index (χ2n) is 4.17. The molecule has 0 saturated carbocycles. The average Bonchev–Trinajstić information content (AvgIpc) is 2.38. The number of thioether (sulfide) groups is 1. The maximum atomic E-state index is 9.02. The average molecular weight is 248 g/mol. The highest BCUT2D eigenvalue weighted by molar-refractivity contribution is 7.99. The van der Waals surface area contributed by atoms with E-state index >= 15 is 0 Å². The summed E-state index contributed by atoms with van der Waals surface area (Å²) >= 11 is 1.74. The van der Waals surface area contributed by atoms with Crippen molar-refractivity contribution < 1.29 is 5.11 Å². The smallest absolute Gasteiger partial charge is 0.0464 e. The summed E-state index contributed by atoms with van der Waals surface area (Å²) < 4.78 is 0. The van der Waals surface area contributed by atoms with Gasteiger partial charge in [-0.2, -0.15) is 0 Å². The predicted molar refractivity (Wildman–Crippen MR) is 73.1 cm³/mol. The van der Waals surface area contributed by atoms with Crippen LogP contribution in [0.4, 0.5) is 5.69 Å². The molecule has 0 aliphatic carbocycles. The molecule has 0 aliphatic heterocycles. The maximum Gasteiger partial charge on any atom is 0.0464 e. The van der Waals surface area contributed by atoms with Crippen molar-refractivity contribution in [1.82, 2.24) is 4.98 Å². The van der Waals surface area contributed by atoms with Crippen molar-refractivity contribution in [3.8, 4) is 0 Å². The van der Waals surface area contributed by atoms with Gasteiger partial charge in [0.15, 0.2) is 0 Å². The van der Waals surface area contributed by atoms with Crippen LogP contribution in [-0.2, 0) is 0 Å². The molecule has 1 atom stereocenters. The van der Waals surface area contributed by atoms with Crippen molar-refractivity contribution in [1.29, 1.82) is 0 Å². The largest absolute Gasteiger partial charge is 0.398 e. The van der Waals surface area contributed by atoms with E-state index in [-0.39, 0.29) is 6.61 Å². The second-order valence-corrected chi connectivity index (χ2v) is 5.23. The minimum Gasteiger partial charge on any atom is -0.398 e. The van der Waals surface area contributed by atoms with E-state index < -0.39 is 0 Å². The first-order valence-electron chi connectivity index (χ1n) is 5.58. The molecule has 1 aromatic heterocycles. The number of fused-ring (bicyclic) bond motifs is 1. The molecule has 3 N–H and O–H groups in total. The SMILES string of the molecule is CC(CO)CSc1ccc(N)c2ccncc12. The number of pyridine rings is 1. The number of aliphatic hydroxyl groups is 1. The van der Waals surface area contributed by atoms with Crippen LogP contribution in [0.5, 0.6) is 0 Å². The van der Waals surface area contributed by atoms with Crippen molar-refractivity contribution in [2.45, 2.75) is 11.8 Å². The number of hydrogen-bond donors (Lipinski definition) is 2. The maximum absolute atomic E-state index is 9.02. The Morgan fingerprint density at radius 2 is 2.18 bits per heavy atom. The van der Waals surface area contributed by atoms with Crippen LogP contribution < -0.4 is 5.73 Å². The van der Waals surface area contributed by atoms with Gasteiger partial charge in [-0.15, -0.1) is 11.8 Å². The van der Waals surface area contributed by atoms with Gasteiger partial charge >= 0.3 is 0 Å². The molecule has 2 aromatic rings. The molecule has 1 aromatic carbocycles. The van der Waals surface area contributed by atoms with Crippen molar-refractivity contribution in [3.05, 3.63) is 30.6 Å². The van der Waals surface area contributed by atoms with Gasteiger partial charge in [0.1, 0.15) is 0 Å². The summed E-state index contributed by atoms with van der Waals surface area (Å²) in [6.07, 6.45) is 3.60. The lowest BCUT2D eigenvalue weighted by molar-refractivity contribution is 0.250. The number of benzene rings is 1. The Hall–Kier alpha value is -1.26. The molecule has 90 valence electrons. The van der Waals surface area contributed by atoms with Gasteiger partial charge in [-0.05, 0) is 24.1 Å². The molecular weight excluding hydrogens is 232 g/mol. The lowest BCUT2D eigenvalue weighted by Crippen LogP contribution is -2.03. The second kappa shape index (κ2) is 5.38. The van der Waals surface area contributed by atoms with Crippen molar-refractivity contribution in [2.24, 2.45) is 5.92 Å². The first kappa shape index (κ1) is 12.2. The Morgan fingerprint density at radius 3 is 2.94 bits per heavy atom. The Bertz CT molecular complexity index is 516. The number of rotatable bonds is 4. The van der Waals surface area contributed by atoms with Crippen LogP contribution in [0.3, 0.4) is 0 Å². The van der Waals surface area contributed by atoms with Gasteiger partial charge in [-0.1, -0.05) is 6.92 Å².